The number of rotatable bonds is 8. The maximum absolute atomic E-state index is 12.3. The molecule has 2 aliphatic rings. The van der Waals surface area contributed by atoms with Crippen molar-refractivity contribution in [2.24, 2.45) is 0 Å². The third kappa shape index (κ3) is 6.51. The summed E-state index contributed by atoms with van der Waals surface area (Å²) in [5.74, 6) is 0.155. The Hall–Kier alpha value is -3.02. The molecule has 9 nitrogen and oxygen atoms in total. The number of nitrogens with zero attached hydrogens (tertiary/aromatic N) is 1. The Morgan fingerprint density at radius 3 is 2.32 bits per heavy atom. The second-order valence-corrected chi connectivity index (χ2v) is 12.9. The van der Waals surface area contributed by atoms with E-state index in [9.17, 15) is 9.59 Å². The lowest BCUT2D eigenvalue weighted by Crippen LogP contribution is -2.41. The van der Waals surface area contributed by atoms with Gasteiger partial charge in [-0.2, -0.15) is 0 Å². The zero-order valence-electron chi connectivity index (χ0n) is 25.1. The van der Waals surface area contributed by atoms with Crippen LogP contribution in [-0.4, -0.2) is 55.0 Å². The molecule has 13 heteroatoms. The number of carbonyl (C=O) groups is 2. The summed E-state index contributed by atoms with van der Waals surface area (Å²) < 4.78 is 23.3. The average molecular weight is 661 g/mol. The molecule has 2 N–H and O–H groups in total. The monoisotopic (exact) mass is 659 g/mol. The normalized spacial score (nSPS) is 18.7. The fourth-order valence-corrected chi connectivity index (χ4v) is 5.91. The lowest BCUT2D eigenvalue weighted by Gasteiger charge is -2.32. The molecule has 1 atom stereocenters. The molecule has 0 radical (unpaired) electrons. The number of methoxy groups -OCH3 is 1. The highest BCUT2D eigenvalue weighted by molar-refractivity contribution is 6.66. The largest absolute Gasteiger partial charge is 0.496 e. The van der Waals surface area contributed by atoms with Crippen LogP contribution in [0.1, 0.15) is 46.1 Å². The number of benzene rings is 2. The molecule has 44 heavy (non-hydrogen) atoms. The van der Waals surface area contributed by atoms with E-state index >= 15 is 0 Å². The predicted octanol–water partition coefficient (Wildman–Crippen LogP) is 6.19. The first-order valence-electron chi connectivity index (χ1n) is 14.2. The van der Waals surface area contributed by atoms with Gasteiger partial charge < -0.3 is 29.4 Å². The fourth-order valence-electron chi connectivity index (χ4n) is 5.03. The SMILES string of the molecule is COc1nc(-c2cccc(-c3cccc(B4OC(C)(C)C(C)(C)O4)c3Cl)c2Cl)cc(Cl)c1COC(=O)NCC1CCC(=O)N1. The maximum Gasteiger partial charge on any atom is 0.496 e. The molecule has 1 aromatic heterocycles. The smallest absolute Gasteiger partial charge is 0.481 e. The average Bonchev–Trinajstić information content (AvgIpc) is 3.48. The van der Waals surface area contributed by atoms with Gasteiger partial charge >= 0.3 is 13.2 Å². The van der Waals surface area contributed by atoms with Crippen LogP contribution >= 0.6 is 34.8 Å². The van der Waals surface area contributed by atoms with Crippen LogP contribution in [0.15, 0.2) is 42.5 Å². The predicted molar refractivity (Wildman–Crippen MR) is 172 cm³/mol. The van der Waals surface area contributed by atoms with Gasteiger partial charge in [-0.25, -0.2) is 9.78 Å². The summed E-state index contributed by atoms with van der Waals surface area (Å²) in [7, 11) is 0.813. The summed E-state index contributed by atoms with van der Waals surface area (Å²) >= 11 is 20.6. The standard InChI is InChI=1S/C31H33BCl3N3O6/c1-30(2)31(3,4)44-32(43-30)22-11-7-9-19(27(22)35)18-8-6-10-20(26(18)34)24-14-23(33)21(28(38-24)41-5)16-42-29(40)36-15-17-12-13-25(39)37-17/h6-11,14,17H,12-13,15-16H2,1-5H3,(H,36,40)(H,37,39). The van der Waals surface area contributed by atoms with E-state index in [0.717, 1.165) is 0 Å². The van der Waals surface area contributed by atoms with Crippen molar-refractivity contribution in [2.45, 2.75) is 64.4 Å². The summed E-state index contributed by atoms with van der Waals surface area (Å²) in [6, 6.07) is 12.7. The molecule has 232 valence electrons. The number of hydrogen-bond acceptors (Lipinski definition) is 7. The maximum atomic E-state index is 12.3. The van der Waals surface area contributed by atoms with Crippen LogP contribution in [0.2, 0.25) is 15.1 Å². The molecule has 3 heterocycles. The minimum atomic E-state index is -0.649. The minimum Gasteiger partial charge on any atom is -0.481 e. The van der Waals surface area contributed by atoms with Crippen molar-refractivity contribution < 1.29 is 28.4 Å². The van der Waals surface area contributed by atoms with Crippen molar-refractivity contribution in [3.8, 4) is 28.3 Å². The molecule has 5 rings (SSSR count). The Bertz CT molecular complexity index is 1590. The van der Waals surface area contributed by atoms with Crippen molar-refractivity contribution in [3.05, 3.63) is 63.1 Å². The quantitative estimate of drug-likeness (QED) is 0.278. The second kappa shape index (κ2) is 12.8. The summed E-state index contributed by atoms with van der Waals surface area (Å²) in [5, 5.41) is 6.59. The fraction of sp³-hybridized carbons (Fsp3) is 0.387. The summed E-state index contributed by atoms with van der Waals surface area (Å²) in [5.41, 5.74) is 2.51. The van der Waals surface area contributed by atoms with Gasteiger partial charge in [0.1, 0.15) is 6.61 Å². The molecular weight excluding hydrogens is 628 g/mol. The van der Waals surface area contributed by atoms with Crippen molar-refractivity contribution in [1.29, 1.82) is 0 Å². The zero-order chi connectivity index (χ0) is 31.8. The Morgan fingerprint density at radius 2 is 1.68 bits per heavy atom. The Balaban J connectivity index is 1.37. The van der Waals surface area contributed by atoms with Crippen LogP contribution in [0.4, 0.5) is 4.79 Å². The molecule has 2 fully saturated rings. The summed E-state index contributed by atoms with van der Waals surface area (Å²) in [4.78, 5) is 28.3. The van der Waals surface area contributed by atoms with E-state index in [0.29, 0.717) is 56.3 Å². The number of hydrogen-bond donors (Lipinski definition) is 2. The molecule has 0 aliphatic carbocycles. The molecule has 2 amide bonds. The van der Waals surface area contributed by atoms with Crippen molar-refractivity contribution >= 4 is 59.4 Å². The van der Waals surface area contributed by atoms with E-state index in [1.54, 1.807) is 6.07 Å². The van der Waals surface area contributed by atoms with Gasteiger partial charge in [-0.1, -0.05) is 71.2 Å². The Labute approximate surface area is 272 Å². The molecule has 2 saturated heterocycles. The van der Waals surface area contributed by atoms with E-state index in [1.165, 1.54) is 7.11 Å². The number of alkyl carbamates (subject to hydrolysis) is 1. The lowest BCUT2D eigenvalue weighted by molar-refractivity contribution is -0.119. The zero-order valence-corrected chi connectivity index (χ0v) is 27.3. The highest BCUT2D eigenvalue weighted by Gasteiger charge is 2.52. The molecule has 0 bridgehead atoms. The van der Waals surface area contributed by atoms with Gasteiger partial charge in [-0.15, -0.1) is 0 Å². The number of ether oxygens (including phenoxy) is 2. The molecule has 1 unspecified atom stereocenters. The molecule has 0 saturated carbocycles. The molecular formula is C31H33BCl3N3O6. The molecule has 0 spiro atoms. The first-order chi connectivity index (χ1) is 20.8. The van der Waals surface area contributed by atoms with Gasteiger partial charge in [0.2, 0.25) is 11.8 Å². The van der Waals surface area contributed by atoms with Crippen molar-refractivity contribution in [2.75, 3.05) is 13.7 Å². The summed E-state index contributed by atoms with van der Waals surface area (Å²) in [6.45, 7) is 8.05. The molecule has 3 aromatic rings. The van der Waals surface area contributed by atoms with E-state index in [-0.39, 0.29) is 36.0 Å². The van der Waals surface area contributed by atoms with Gasteiger partial charge in [0.15, 0.2) is 0 Å². The van der Waals surface area contributed by atoms with E-state index in [2.05, 4.69) is 15.6 Å². The van der Waals surface area contributed by atoms with E-state index < -0.39 is 24.4 Å². The number of halogens is 3. The number of carbonyl (C=O) groups excluding carboxylic acids is 2. The topological polar surface area (TPSA) is 108 Å². The van der Waals surface area contributed by atoms with Gasteiger partial charge in [0.05, 0.1) is 39.6 Å². The first-order valence-corrected chi connectivity index (χ1v) is 15.3. The van der Waals surface area contributed by atoms with Crippen LogP contribution in [0, 0.1) is 0 Å². The van der Waals surface area contributed by atoms with Gasteiger partial charge in [-0.3, -0.25) is 4.79 Å². The lowest BCUT2D eigenvalue weighted by atomic mass is 9.77. The van der Waals surface area contributed by atoms with Gasteiger partial charge in [0.25, 0.3) is 0 Å². The van der Waals surface area contributed by atoms with Crippen molar-refractivity contribution in [3.63, 3.8) is 0 Å². The molecule has 2 aromatic carbocycles. The van der Waals surface area contributed by atoms with Crippen LogP contribution < -0.4 is 20.8 Å². The summed E-state index contributed by atoms with van der Waals surface area (Å²) in [6.07, 6.45) is 0.453. The second-order valence-electron chi connectivity index (χ2n) is 11.7. The van der Waals surface area contributed by atoms with Crippen molar-refractivity contribution in [1.82, 2.24) is 15.6 Å². The van der Waals surface area contributed by atoms with Crippen LogP contribution in [0.25, 0.3) is 22.4 Å². The minimum absolute atomic E-state index is 0.0309. The number of nitrogens with one attached hydrogen (secondary N) is 2. The number of pyridine rings is 1. The van der Waals surface area contributed by atoms with Gasteiger partial charge in [0, 0.05) is 46.2 Å². The van der Waals surface area contributed by atoms with Crippen LogP contribution in [-0.2, 0) is 25.4 Å². The highest BCUT2D eigenvalue weighted by Crippen LogP contribution is 2.42. The third-order valence-electron chi connectivity index (χ3n) is 8.25. The molecule has 2 aliphatic heterocycles. The number of amides is 2. The Morgan fingerprint density at radius 1 is 1.05 bits per heavy atom. The van der Waals surface area contributed by atoms with Crippen LogP contribution in [0.3, 0.4) is 0 Å². The van der Waals surface area contributed by atoms with E-state index in [1.807, 2.05) is 64.1 Å². The van der Waals surface area contributed by atoms with E-state index in [4.69, 9.17) is 53.6 Å². The highest BCUT2D eigenvalue weighted by atomic mass is 35.5. The first kappa shape index (κ1) is 32.4. The van der Waals surface area contributed by atoms with Gasteiger partial charge in [-0.05, 0) is 40.2 Å². The number of aromatic nitrogens is 1. The van der Waals surface area contributed by atoms with Crippen LogP contribution in [0.5, 0.6) is 5.88 Å². The third-order valence-corrected chi connectivity index (χ3v) is 9.42. The Kier molecular flexibility index (Phi) is 9.40.